The lowest BCUT2D eigenvalue weighted by atomic mass is 10.4. The van der Waals surface area contributed by atoms with E-state index in [2.05, 4.69) is 19.2 Å². The van der Waals surface area contributed by atoms with Gasteiger partial charge in [0.2, 0.25) is 0 Å². The third kappa shape index (κ3) is 2.92. The highest BCUT2D eigenvalue weighted by Crippen LogP contribution is 2.27. The van der Waals surface area contributed by atoms with E-state index in [-0.39, 0.29) is 0 Å². The number of thioether (sulfide) groups is 2. The first-order valence-corrected chi connectivity index (χ1v) is 6.32. The van der Waals surface area contributed by atoms with Crippen LogP contribution in [0.4, 0.5) is 0 Å². The van der Waals surface area contributed by atoms with Crippen molar-refractivity contribution in [1.82, 2.24) is 0 Å². The molecule has 0 fully saturated rings. The monoisotopic (exact) mass is 218 g/mol. The largest absolute Gasteiger partial charge is 0.130 e. The summed E-state index contributed by atoms with van der Waals surface area (Å²) >= 11 is 9.48. The number of benzene rings is 1. The van der Waals surface area contributed by atoms with E-state index in [9.17, 15) is 0 Å². The predicted molar refractivity (Wildman–Crippen MR) is 59.6 cm³/mol. The fourth-order valence-corrected chi connectivity index (χ4v) is 2.59. The Labute approximate surface area is 87.1 Å². The first-order valence-electron chi connectivity index (χ1n) is 3.73. The Bertz CT molecular complexity index is 261. The van der Waals surface area contributed by atoms with Crippen LogP contribution in [0.5, 0.6) is 0 Å². The van der Waals surface area contributed by atoms with E-state index in [1.165, 1.54) is 9.79 Å². The summed E-state index contributed by atoms with van der Waals surface area (Å²) in [6.45, 7) is 2.14. The molecule has 0 aromatic heterocycles. The third-order valence-electron chi connectivity index (χ3n) is 1.39. The van der Waals surface area contributed by atoms with E-state index in [0.29, 0.717) is 0 Å². The van der Waals surface area contributed by atoms with Crippen LogP contribution in [0, 0.1) is 0 Å². The van der Waals surface area contributed by atoms with Crippen LogP contribution in [0.2, 0.25) is 5.02 Å². The Morgan fingerprint density at radius 1 is 1.25 bits per heavy atom. The molecule has 3 heteroatoms. The quantitative estimate of drug-likeness (QED) is 0.699. The van der Waals surface area contributed by atoms with Gasteiger partial charge < -0.3 is 0 Å². The summed E-state index contributed by atoms with van der Waals surface area (Å²) in [5.41, 5.74) is 0. The van der Waals surface area contributed by atoms with Crippen LogP contribution in [-0.4, -0.2) is 12.0 Å². The van der Waals surface area contributed by atoms with Crippen molar-refractivity contribution in [2.24, 2.45) is 0 Å². The van der Waals surface area contributed by atoms with E-state index < -0.39 is 0 Å². The van der Waals surface area contributed by atoms with Gasteiger partial charge in [-0.15, -0.1) is 23.5 Å². The van der Waals surface area contributed by atoms with Gasteiger partial charge in [-0.25, -0.2) is 0 Å². The highest BCUT2D eigenvalue weighted by atomic mass is 35.5. The average molecular weight is 219 g/mol. The van der Waals surface area contributed by atoms with Gasteiger partial charge in [-0.3, -0.25) is 0 Å². The molecule has 0 unspecified atom stereocenters. The number of halogens is 1. The molecule has 0 radical (unpaired) electrons. The van der Waals surface area contributed by atoms with Gasteiger partial charge in [-0.2, -0.15) is 0 Å². The van der Waals surface area contributed by atoms with Crippen molar-refractivity contribution >= 4 is 35.1 Å². The van der Waals surface area contributed by atoms with Gasteiger partial charge in [-0.05, 0) is 30.2 Å². The second-order valence-corrected chi connectivity index (χ2v) is 4.91. The number of rotatable bonds is 3. The molecule has 0 spiro atoms. The number of hydrogen-bond donors (Lipinski definition) is 0. The zero-order chi connectivity index (χ0) is 8.97. The molecule has 0 saturated carbocycles. The minimum atomic E-state index is 0.831. The summed E-state index contributed by atoms with van der Waals surface area (Å²) in [7, 11) is 0. The second-order valence-electron chi connectivity index (χ2n) is 2.26. The minimum absolute atomic E-state index is 0.831. The van der Waals surface area contributed by atoms with Crippen LogP contribution in [0.25, 0.3) is 0 Å². The van der Waals surface area contributed by atoms with Crippen LogP contribution in [-0.2, 0) is 0 Å². The molecule has 0 bridgehead atoms. The lowest BCUT2D eigenvalue weighted by Gasteiger charge is -2.02. The van der Waals surface area contributed by atoms with Crippen LogP contribution in [0.3, 0.4) is 0 Å². The zero-order valence-corrected chi connectivity index (χ0v) is 9.52. The first-order chi connectivity index (χ1) is 5.76. The molecule has 0 aliphatic carbocycles. The molecule has 0 atom stereocenters. The number of hydrogen-bond acceptors (Lipinski definition) is 2. The molecule has 0 amide bonds. The SMILES string of the molecule is CCSc1cc(Cl)cc(SC)c1. The fraction of sp³-hybridized carbons (Fsp3) is 0.333. The second kappa shape index (κ2) is 5.05. The van der Waals surface area contributed by atoms with Crippen molar-refractivity contribution in [1.29, 1.82) is 0 Å². The summed E-state index contributed by atoms with van der Waals surface area (Å²) in [5.74, 6) is 1.09. The van der Waals surface area contributed by atoms with E-state index >= 15 is 0 Å². The summed E-state index contributed by atoms with van der Waals surface area (Å²) < 4.78 is 0. The maximum atomic E-state index is 5.94. The summed E-state index contributed by atoms with van der Waals surface area (Å²) in [5, 5.41) is 0.831. The molecule has 0 nitrogen and oxygen atoms in total. The molecule has 0 aliphatic rings. The lowest BCUT2D eigenvalue weighted by molar-refractivity contribution is 1.33. The molecule has 12 heavy (non-hydrogen) atoms. The molecular formula is C9H11ClS2. The standard InChI is InChI=1S/C9H11ClS2/c1-3-12-9-5-7(10)4-8(6-9)11-2/h4-6H,3H2,1-2H3. The molecule has 0 heterocycles. The molecular weight excluding hydrogens is 208 g/mol. The van der Waals surface area contributed by atoms with E-state index in [1.807, 2.05) is 23.9 Å². The average Bonchev–Trinajstić information content (AvgIpc) is 2.04. The summed E-state index contributed by atoms with van der Waals surface area (Å²) in [6, 6.07) is 6.17. The highest BCUT2D eigenvalue weighted by Gasteiger charge is 1.97. The molecule has 0 N–H and O–H groups in total. The van der Waals surface area contributed by atoms with Gasteiger partial charge in [0.25, 0.3) is 0 Å². The Morgan fingerprint density at radius 2 is 1.92 bits per heavy atom. The molecule has 1 aromatic carbocycles. The Morgan fingerprint density at radius 3 is 2.50 bits per heavy atom. The van der Waals surface area contributed by atoms with Crippen molar-refractivity contribution < 1.29 is 0 Å². The smallest absolute Gasteiger partial charge is 0.0428 e. The van der Waals surface area contributed by atoms with Gasteiger partial charge in [0.05, 0.1) is 0 Å². The van der Waals surface area contributed by atoms with Crippen LogP contribution < -0.4 is 0 Å². The molecule has 0 aliphatic heterocycles. The van der Waals surface area contributed by atoms with E-state index in [1.54, 1.807) is 11.8 Å². The summed E-state index contributed by atoms with van der Waals surface area (Å²) in [6.07, 6.45) is 2.06. The fourth-order valence-electron chi connectivity index (χ4n) is 0.905. The van der Waals surface area contributed by atoms with E-state index in [4.69, 9.17) is 11.6 Å². The topological polar surface area (TPSA) is 0 Å². The Kier molecular flexibility index (Phi) is 4.33. The van der Waals surface area contributed by atoms with Crippen LogP contribution in [0.15, 0.2) is 28.0 Å². The summed E-state index contributed by atoms with van der Waals surface area (Å²) in [4.78, 5) is 2.49. The van der Waals surface area contributed by atoms with E-state index in [0.717, 1.165) is 10.8 Å². The van der Waals surface area contributed by atoms with Crippen molar-refractivity contribution in [3.05, 3.63) is 23.2 Å². The third-order valence-corrected chi connectivity index (χ3v) is 3.17. The minimum Gasteiger partial charge on any atom is -0.130 e. The predicted octanol–water partition coefficient (Wildman–Crippen LogP) is 4.17. The lowest BCUT2D eigenvalue weighted by Crippen LogP contribution is -1.76. The molecule has 66 valence electrons. The van der Waals surface area contributed by atoms with Gasteiger partial charge in [0, 0.05) is 14.8 Å². The zero-order valence-electron chi connectivity index (χ0n) is 7.13. The highest BCUT2D eigenvalue weighted by molar-refractivity contribution is 7.99. The van der Waals surface area contributed by atoms with Gasteiger partial charge in [-0.1, -0.05) is 18.5 Å². The van der Waals surface area contributed by atoms with Gasteiger partial charge in [0.15, 0.2) is 0 Å². The van der Waals surface area contributed by atoms with Crippen LogP contribution in [0.1, 0.15) is 6.92 Å². The Hall–Kier alpha value is 0.210. The first kappa shape index (κ1) is 10.3. The van der Waals surface area contributed by atoms with Crippen LogP contribution >= 0.6 is 35.1 Å². The van der Waals surface area contributed by atoms with Crippen molar-refractivity contribution in [2.75, 3.05) is 12.0 Å². The van der Waals surface area contributed by atoms with Crippen molar-refractivity contribution in [2.45, 2.75) is 16.7 Å². The molecule has 1 rings (SSSR count). The van der Waals surface area contributed by atoms with Gasteiger partial charge >= 0.3 is 0 Å². The maximum Gasteiger partial charge on any atom is 0.0428 e. The van der Waals surface area contributed by atoms with Gasteiger partial charge in [0.1, 0.15) is 0 Å². The molecule has 0 saturated heterocycles. The normalized spacial score (nSPS) is 10.2. The maximum absolute atomic E-state index is 5.94. The van der Waals surface area contributed by atoms with Crippen molar-refractivity contribution in [3.63, 3.8) is 0 Å². The molecule has 1 aromatic rings. The van der Waals surface area contributed by atoms with Crippen molar-refractivity contribution in [3.8, 4) is 0 Å². The Balaban J connectivity index is 2.90.